The number of carbonyl (C=O) groups excluding carboxylic acids is 1. The molecule has 3 rings (SSSR count). The Morgan fingerprint density at radius 3 is 2.32 bits per heavy atom. The largest absolute Gasteiger partial charge is 0.341 e. The molecule has 130 valence electrons. The van der Waals surface area contributed by atoms with Crippen LogP contribution in [0.1, 0.15) is 51.4 Å². The van der Waals surface area contributed by atoms with Gasteiger partial charge in [0.25, 0.3) is 0 Å². The molecular formula is C16H31Cl2N3O. The number of halogens is 2. The molecule has 3 fully saturated rings. The maximum atomic E-state index is 12.4. The fraction of sp³-hybridized carbons (Fsp3) is 0.938. The van der Waals surface area contributed by atoms with Gasteiger partial charge >= 0.3 is 0 Å². The van der Waals surface area contributed by atoms with Crippen LogP contribution >= 0.6 is 24.8 Å². The Kier molecular flexibility index (Phi) is 8.47. The lowest BCUT2D eigenvalue weighted by atomic mass is 9.99. The van der Waals surface area contributed by atoms with Gasteiger partial charge in [-0.25, -0.2) is 0 Å². The van der Waals surface area contributed by atoms with Crippen LogP contribution in [-0.2, 0) is 4.79 Å². The first-order valence-corrected chi connectivity index (χ1v) is 8.51. The highest BCUT2D eigenvalue weighted by molar-refractivity contribution is 5.85. The summed E-state index contributed by atoms with van der Waals surface area (Å²) in [4.78, 5) is 17.1. The lowest BCUT2D eigenvalue weighted by Gasteiger charge is -2.32. The number of amides is 1. The number of piperidine rings is 1. The van der Waals surface area contributed by atoms with E-state index in [1.54, 1.807) is 0 Å². The molecule has 22 heavy (non-hydrogen) atoms. The second-order valence-corrected chi connectivity index (χ2v) is 6.94. The highest BCUT2D eigenvalue weighted by Crippen LogP contribution is 2.28. The molecule has 0 spiro atoms. The summed E-state index contributed by atoms with van der Waals surface area (Å²) in [5, 5.41) is 0. The van der Waals surface area contributed by atoms with Crippen LogP contribution in [0.2, 0.25) is 0 Å². The first-order chi connectivity index (χ1) is 9.74. The fourth-order valence-corrected chi connectivity index (χ4v) is 4.22. The second-order valence-electron chi connectivity index (χ2n) is 6.94. The summed E-state index contributed by atoms with van der Waals surface area (Å²) in [6, 6.07) is 0.885. The van der Waals surface area contributed by atoms with E-state index in [-0.39, 0.29) is 30.9 Å². The molecule has 0 radical (unpaired) electrons. The molecule has 2 aliphatic heterocycles. The third kappa shape index (κ3) is 4.73. The molecule has 0 aromatic rings. The molecule has 0 aromatic carbocycles. The van der Waals surface area contributed by atoms with Gasteiger partial charge < -0.3 is 10.6 Å². The maximum Gasteiger partial charge on any atom is 0.222 e. The Morgan fingerprint density at radius 2 is 1.68 bits per heavy atom. The Labute approximate surface area is 147 Å². The van der Waals surface area contributed by atoms with Crippen LogP contribution in [0.15, 0.2) is 0 Å². The van der Waals surface area contributed by atoms with E-state index in [1.807, 2.05) is 0 Å². The molecule has 1 saturated carbocycles. The van der Waals surface area contributed by atoms with Crippen LogP contribution in [0.4, 0.5) is 0 Å². The standard InChI is InChI=1S/C16H29N3O.2ClH/c17-15-6-4-5-13(15)11-16(20)19-10-7-14(12-19)18-8-2-1-3-9-18;;/h13-15H,1-12,17H2;2*1H/t13-,14?,15+;;/m0../s1. The van der Waals surface area contributed by atoms with Crippen molar-refractivity contribution in [2.75, 3.05) is 26.2 Å². The zero-order valence-corrected chi connectivity index (χ0v) is 15.0. The molecule has 1 aliphatic carbocycles. The van der Waals surface area contributed by atoms with Gasteiger partial charge in [-0.2, -0.15) is 0 Å². The molecule has 6 heteroatoms. The predicted octanol–water partition coefficient (Wildman–Crippen LogP) is 2.43. The minimum atomic E-state index is 0. The van der Waals surface area contributed by atoms with Crippen molar-refractivity contribution in [1.82, 2.24) is 9.80 Å². The van der Waals surface area contributed by atoms with Crippen molar-refractivity contribution in [1.29, 1.82) is 0 Å². The van der Waals surface area contributed by atoms with E-state index >= 15 is 0 Å². The van der Waals surface area contributed by atoms with Gasteiger partial charge in [-0.15, -0.1) is 24.8 Å². The van der Waals surface area contributed by atoms with E-state index in [1.165, 1.54) is 45.2 Å². The minimum absolute atomic E-state index is 0. The highest BCUT2D eigenvalue weighted by atomic mass is 35.5. The molecule has 2 saturated heterocycles. The van der Waals surface area contributed by atoms with Gasteiger partial charge in [0.15, 0.2) is 0 Å². The number of nitrogens with zero attached hydrogens (tertiary/aromatic N) is 2. The van der Waals surface area contributed by atoms with Gasteiger partial charge in [0.1, 0.15) is 0 Å². The molecule has 0 aromatic heterocycles. The van der Waals surface area contributed by atoms with Crippen molar-refractivity contribution >= 4 is 30.7 Å². The Morgan fingerprint density at radius 1 is 0.955 bits per heavy atom. The molecule has 1 unspecified atom stereocenters. The molecule has 3 aliphatic rings. The molecule has 3 atom stereocenters. The van der Waals surface area contributed by atoms with E-state index in [0.717, 1.165) is 25.9 Å². The Balaban J connectivity index is 0.00000121. The summed E-state index contributed by atoms with van der Waals surface area (Å²) >= 11 is 0. The van der Waals surface area contributed by atoms with Crippen LogP contribution in [0.3, 0.4) is 0 Å². The summed E-state index contributed by atoms with van der Waals surface area (Å²) in [5.74, 6) is 0.795. The monoisotopic (exact) mass is 351 g/mol. The van der Waals surface area contributed by atoms with Crippen LogP contribution in [0.5, 0.6) is 0 Å². The van der Waals surface area contributed by atoms with Crippen LogP contribution in [-0.4, -0.2) is 54.0 Å². The SMILES string of the molecule is Cl.Cl.N[C@@H]1CCC[C@H]1CC(=O)N1CCC(N2CCCCC2)C1. The highest BCUT2D eigenvalue weighted by Gasteiger charge is 2.33. The molecule has 2 heterocycles. The number of carbonyl (C=O) groups is 1. The zero-order valence-electron chi connectivity index (χ0n) is 13.4. The third-order valence-electron chi connectivity index (χ3n) is 5.58. The minimum Gasteiger partial charge on any atom is -0.341 e. The Hall–Kier alpha value is -0.0300. The number of hydrogen-bond donors (Lipinski definition) is 1. The maximum absolute atomic E-state index is 12.4. The van der Waals surface area contributed by atoms with E-state index in [2.05, 4.69) is 9.80 Å². The zero-order chi connectivity index (χ0) is 13.9. The van der Waals surface area contributed by atoms with Gasteiger partial charge in [0.2, 0.25) is 5.91 Å². The second kappa shape index (κ2) is 9.31. The summed E-state index contributed by atoms with van der Waals surface area (Å²) in [5.41, 5.74) is 6.09. The topological polar surface area (TPSA) is 49.6 Å². The van der Waals surface area contributed by atoms with Crippen molar-refractivity contribution in [3.05, 3.63) is 0 Å². The lowest BCUT2D eigenvalue weighted by Crippen LogP contribution is -2.42. The van der Waals surface area contributed by atoms with Crippen molar-refractivity contribution in [2.24, 2.45) is 11.7 Å². The first kappa shape index (κ1) is 20.0. The number of hydrogen-bond acceptors (Lipinski definition) is 3. The number of rotatable bonds is 3. The van der Waals surface area contributed by atoms with Gasteiger partial charge in [0.05, 0.1) is 0 Å². The van der Waals surface area contributed by atoms with Gasteiger partial charge in [0, 0.05) is 31.6 Å². The smallest absolute Gasteiger partial charge is 0.222 e. The normalized spacial score (nSPS) is 32.4. The van der Waals surface area contributed by atoms with Crippen LogP contribution in [0.25, 0.3) is 0 Å². The molecule has 0 bridgehead atoms. The van der Waals surface area contributed by atoms with E-state index in [0.29, 0.717) is 24.3 Å². The molecule has 4 nitrogen and oxygen atoms in total. The summed E-state index contributed by atoms with van der Waals surface area (Å²) in [7, 11) is 0. The molecular weight excluding hydrogens is 321 g/mol. The van der Waals surface area contributed by atoms with E-state index in [9.17, 15) is 4.79 Å². The first-order valence-electron chi connectivity index (χ1n) is 8.51. The summed E-state index contributed by atoms with van der Waals surface area (Å²) < 4.78 is 0. The quantitative estimate of drug-likeness (QED) is 0.849. The number of nitrogens with two attached hydrogens (primary N) is 1. The average molecular weight is 352 g/mol. The number of likely N-dealkylation sites (tertiary alicyclic amines) is 2. The third-order valence-corrected chi connectivity index (χ3v) is 5.58. The molecule has 2 N–H and O–H groups in total. The van der Waals surface area contributed by atoms with E-state index in [4.69, 9.17) is 5.73 Å². The summed E-state index contributed by atoms with van der Waals surface area (Å²) in [6.45, 7) is 4.39. The van der Waals surface area contributed by atoms with Gasteiger partial charge in [-0.1, -0.05) is 12.8 Å². The van der Waals surface area contributed by atoms with Gasteiger partial charge in [-0.3, -0.25) is 9.69 Å². The van der Waals surface area contributed by atoms with Crippen LogP contribution < -0.4 is 5.73 Å². The van der Waals surface area contributed by atoms with Crippen molar-refractivity contribution in [3.8, 4) is 0 Å². The fourth-order valence-electron chi connectivity index (χ4n) is 4.22. The van der Waals surface area contributed by atoms with Crippen molar-refractivity contribution < 1.29 is 4.79 Å². The van der Waals surface area contributed by atoms with Crippen molar-refractivity contribution in [3.63, 3.8) is 0 Å². The van der Waals surface area contributed by atoms with Crippen molar-refractivity contribution in [2.45, 2.75) is 63.5 Å². The van der Waals surface area contributed by atoms with Gasteiger partial charge in [-0.05, 0) is 51.1 Å². The summed E-state index contributed by atoms with van der Waals surface area (Å²) in [6.07, 6.45) is 9.37. The Bertz CT molecular complexity index is 350. The molecule has 1 amide bonds. The average Bonchev–Trinajstić information content (AvgIpc) is 3.10. The predicted molar refractivity (Wildman–Crippen MR) is 94.8 cm³/mol. The van der Waals surface area contributed by atoms with E-state index < -0.39 is 0 Å². The lowest BCUT2D eigenvalue weighted by molar-refractivity contribution is -0.131. The van der Waals surface area contributed by atoms with Crippen LogP contribution in [0, 0.1) is 5.92 Å².